The number of morpholine rings is 1. The van der Waals surface area contributed by atoms with Crippen molar-refractivity contribution in [2.75, 3.05) is 59.1 Å². The maximum Gasteiger partial charge on any atom is 0.224 e. The van der Waals surface area contributed by atoms with E-state index in [1.807, 2.05) is 19.4 Å². The molecule has 0 spiro atoms. The monoisotopic (exact) mass is 495 g/mol. The molecule has 1 amide bonds. The van der Waals surface area contributed by atoms with Gasteiger partial charge in [-0.05, 0) is 61.9 Å². The lowest BCUT2D eigenvalue weighted by Crippen LogP contribution is -2.48. The Morgan fingerprint density at radius 3 is 2.86 bits per heavy atom. The lowest BCUT2D eigenvalue weighted by Gasteiger charge is -2.37. The summed E-state index contributed by atoms with van der Waals surface area (Å²) in [7, 11) is 2.03. The van der Waals surface area contributed by atoms with E-state index >= 15 is 0 Å². The summed E-state index contributed by atoms with van der Waals surface area (Å²) in [6.07, 6.45) is 9.23. The van der Waals surface area contributed by atoms with Gasteiger partial charge in [0, 0.05) is 58.1 Å². The van der Waals surface area contributed by atoms with E-state index in [0.29, 0.717) is 12.5 Å². The second-order valence-electron chi connectivity index (χ2n) is 10.6. The molecule has 1 aliphatic carbocycles. The van der Waals surface area contributed by atoms with Crippen molar-refractivity contribution in [3.8, 4) is 5.75 Å². The third-order valence-electron chi connectivity index (χ3n) is 7.88. The second-order valence-corrected chi connectivity index (χ2v) is 10.6. The molecule has 36 heavy (non-hydrogen) atoms. The van der Waals surface area contributed by atoms with Gasteiger partial charge in [-0.1, -0.05) is 6.07 Å². The highest BCUT2D eigenvalue weighted by molar-refractivity contribution is 5.79. The van der Waals surface area contributed by atoms with Crippen molar-refractivity contribution in [1.82, 2.24) is 24.7 Å². The molecule has 3 heterocycles. The standard InChI is InChI=1S/C28H41N5O3/c1-31-11-9-29-27(31)20-33-18-22(21-36-26-7-6-23-4-2-5-24(23)17-26)16-25(19-33)28(34)30-8-3-10-32-12-14-35-15-13-32/h6-7,9,11,17,22,25H,2-5,8,10,12-16,18-21H2,1H3,(H,30,34)/t22-,25+/m0/s1. The Morgan fingerprint density at radius 2 is 2.03 bits per heavy atom. The number of amides is 1. The normalized spacial score (nSPS) is 22.9. The van der Waals surface area contributed by atoms with Crippen molar-refractivity contribution in [2.45, 2.75) is 38.6 Å². The molecule has 1 N–H and O–H groups in total. The fraction of sp³-hybridized carbons (Fsp3) is 0.643. The SMILES string of the molecule is Cn1ccnc1CN1C[C@@H](COc2ccc3c(c2)CCC3)C[C@@H](C(=O)NCCCN2CCOCC2)C1. The predicted octanol–water partition coefficient (Wildman–Crippen LogP) is 2.26. The highest BCUT2D eigenvalue weighted by Gasteiger charge is 2.32. The smallest absolute Gasteiger partial charge is 0.224 e. The van der Waals surface area contributed by atoms with Crippen LogP contribution in [0.4, 0.5) is 0 Å². The molecule has 8 nitrogen and oxygen atoms in total. The number of piperidine rings is 1. The Labute approximate surface area is 215 Å². The topological polar surface area (TPSA) is 71.9 Å². The lowest BCUT2D eigenvalue weighted by atomic mass is 9.89. The number of nitrogens with zero attached hydrogens (tertiary/aromatic N) is 4. The molecule has 0 bridgehead atoms. The van der Waals surface area contributed by atoms with E-state index in [0.717, 1.165) is 89.9 Å². The van der Waals surface area contributed by atoms with Gasteiger partial charge in [-0.15, -0.1) is 0 Å². The molecular weight excluding hydrogens is 454 g/mol. The summed E-state index contributed by atoms with van der Waals surface area (Å²) < 4.78 is 13.8. The van der Waals surface area contributed by atoms with Crippen molar-refractivity contribution in [1.29, 1.82) is 0 Å². The average molecular weight is 496 g/mol. The molecule has 2 aromatic rings. The lowest BCUT2D eigenvalue weighted by molar-refractivity contribution is -0.127. The number of fused-ring (bicyclic) bond motifs is 1. The quantitative estimate of drug-likeness (QED) is 0.510. The van der Waals surface area contributed by atoms with Crippen molar-refractivity contribution in [3.63, 3.8) is 0 Å². The van der Waals surface area contributed by atoms with Gasteiger partial charge in [-0.2, -0.15) is 0 Å². The van der Waals surface area contributed by atoms with E-state index in [-0.39, 0.29) is 11.8 Å². The zero-order valence-corrected chi connectivity index (χ0v) is 21.7. The number of carbonyl (C=O) groups is 1. The Balaban J connectivity index is 1.15. The number of imidazole rings is 1. The molecule has 2 fully saturated rings. The minimum atomic E-state index is -0.0315. The number of nitrogens with one attached hydrogen (secondary N) is 1. The minimum absolute atomic E-state index is 0.0315. The summed E-state index contributed by atoms with van der Waals surface area (Å²) in [6.45, 7) is 8.41. The van der Waals surface area contributed by atoms with Crippen LogP contribution in [0, 0.1) is 11.8 Å². The Kier molecular flexibility index (Phi) is 8.56. The van der Waals surface area contributed by atoms with E-state index in [4.69, 9.17) is 9.47 Å². The number of carbonyl (C=O) groups excluding carboxylic acids is 1. The number of benzene rings is 1. The number of ether oxygens (including phenoxy) is 2. The minimum Gasteiger partial charge on any atom is -0.493 e. The number of hydrogen-bond acceptors (Lipinski definition) is 6. The van der Waals surface area contributed by atoms with Crippen LogP contribution in [0.5, 0.6) is 5.75 Å². The zero-order chi connectivity index (χ0) is 24.7. The van der Waals surface area contributed by atoms with Crippen molar-refractivity contribution < 1.29 is 14.3 Å². The van der Waals surface area contributed by atoms with Gasteiger partial charge in [0.15, 0.2) is 0 Å². The second kappa shape index (κ2) is 12.2. The Bertz CT molecular complexity index is 1000. The summed E-state index contributed by atoms with van der Waals surface area (Å²) in [4.78, 5) is 22.5. The molecule has 3 aliphatic rings. The third-order valence-corrected chi connectivity index (χ3v) is 7.88. The van der Waals surface area contributed by atoms with Crippen LogP contribution in [0.1, 0.15) is 36.2 Å². The van der Waals surface area contributed by atoms with Crippen LogP contribution in [0.15, 0.2) is 30.6 Å². The first-order valence-electron chi connectivity index (χ1n) is 13.6. The number of hydrogen-bond donors (Lipinski definition) is 1. The molecule has 0 unspecified atom stereocenters. The first-order valence-corrected chi connectivity index (χ1v) is 13.6. The summed E-state index contributed by atoms with van der Waals surface area (Å²) in [5.41, 5.74) is 2.90. The highest BCUT2D eigenvalue weighted by Crippen LogP contribution is 2.28. The van der Waals surface area contributed by atoms with E-state index < -0.39 is 0 Å². The van der Waals surface area contributed by atoms with Crippen LogP contribution in [0.25, 0.3) is 0 Å². The van der Waals surface area contributed by atoms with Crippen LogP contribution in [-0.2, 0) is 36.0 Å². The molecule has 5 rings (SSSR count). The van der Waals surface area contributed by atoms with Gasteiger partial charge in [-0.3, -0.25) is 14.6 Å². The summed E-state index contributed by atoms with van der Waals surface area (Å²) in [5, 5.41) is 3.22. The van der Waals surface area contributed by atoms with E-state index in [2.05, 4.69) is 42.9 Å². The largest absolute Gasteiger partial charge is 0.493 e. The molecule has 1 aromatic carbocycles. The fourth-order valence-electron chi connectivity index (χ4n) is 5.83. The van der Waals surface area contributed by atoms with Crippen LogP contribution >= 0.6 is 0 Å². The number of aryl methyl sites for hydroxylation is 3. The van der Waals surface area contributed by atoms with Gasteiger partial charge >= 0.3 is 0 Å². The molecule has 1 aromatic heterocycles. The third kappa shape index (κ3) is 6.66. The fourth-order valence-corrected chi connectivity index (χ4v) is 5.83. The maximum atomic E-state index is 13.2. The zero-order valence-electron chi connectivity index (χ0n) is 21.7. The molecule has 0 radical (unpaired) electrons. The van der Waals surface area contributed by atoms with Crippen LogP contribution in [-0.4, -0.2) is 84.3 Å². The molecule has 8 heteroatoms. The van der Waals surface area contributed by atoms with E-state index in [9.17, 15) is 4.79 Å². The van der Waals surface area contributed by atoms with E-state index in [1.54, 1.807) is 0 Å². The van der Waals surface area contributed by atoms with Gasteiger partial charge in [0.05, 0.1) is 32.3 Å². The average Bonchev–Trinajstić information content (AvgIpc) is 3.54. The molecular formula is C28H41N5O3. The van der Waals surface area contributed by atoms with Crippen molar-refractivity contribution in [2.24, 2.45) is 18.9 Å². The van der Waals surface area contributed by atoms with Gasteiger partial charge in [0.2, 0.25) is 5.91 Å². The van der Waals surface area contributed by atoms with E-state index in [1.165, 1.54) is 24.0 Å². The molecule has 2 aliphatic heterocycles. The molecule has 2 saturated heterocycles. The number of rotatable bonds is 10. The first kappa shape index (κ1) is 25.2. The van der Waals surface area contributed by atoms with Gasteiger partial charge in [0.1, 0.15) is 11.6 Å². The van der Waals surface area contributed by atoms with Crippen LogP contribution in [0.2, 0.25) is 0 Å². The highest BCUT2D eigenvalue weighted by atomic mass is 16.5. The summed E-state index contributed by atoms with van der Waals surface area (Å²) in [5.74, 6) is 2.43. The maximum absolute atomic E-state index is 13.2. The van der Waals surface area contributed by atoms with Gasteiger partial charge in [0.25, 0.3) is 0 Å². The van der Waals surface area contributed by atoms with Crippen LogP contribution in [0.3, 0.4) is 0 Å². The Morgan fingerprint density at radius 1 is 1.17 bits per heavy atom. The number of likely N-dealkylation sites (tertiary alicyclic amines) is 1. The molecule has 0 saturated carbocycles. The van der Waals surface area contributed by atoms with Crippen molar-refractivity contribution in [3.05, 3.63) is 47.5 Å². The van der Waals surface area contributed by atoms with Gasteiger partial charge in [-0.25, -0.2) is 4.98 Å². The van der Waals surface area contributed by atoms with Crippen LogP contribution < -0.4 is 10.1 Å². The Hall–Kier alpha value is -2.42. The van der Waals surface area contributed by atoms with Crippen molar-refractivity contribution >= 4 is 5.91 Å². The predicted molar refractivity (Wildman–Crippen MR) is 139 cm³/mol. The molecule has 196 valence electrons. The summed E-state index contributed by atoms with van der Waals surface area (Å²) in [6, 6.07) is 6.55. The summed E-state index contributed by atoms with van der Waals surface area (Å²) >= 11 is 0. The first-order chi connectivity index (χ1) is 17.6. The number of aromatic nitrogens is 2. The molecule has 2 atom stereocenters. The van der Waals surface area contributed by atoms with Gasteiger partial charge < -0.3 is 19.4 Å².